The number of hydrogen-bond donors (Lipinski definition) is 1. The lowest BCUT2D eigenvalue weighted by Gasteiger charge is -2.19. The molecule has 0 atom stereocenters. The van der Waals surface area contributed by atoms with Gasteiger partial charge >= 0.3 is 17.9 Å². The Balaban J connectivity index is 2.78. The lowest BCUT2D eigenvalue weighted by atomic mass is 10.3. The van der Waals surface area contributed by atoms with E-state index in [-0.39, 0.29) is 0 Å². The molecule has 0 aromatic carbocycles. The number of carbonyl (C=O) groups excluding carboxylic acids is 1. The van der Waals surface area contributed by atoms with Crippen LogP contribution in [0.3, 0.4) is 0 Å². The standard InChI is InChI=1S/C9H8F6N4O3/c10-1-5-16-2-7(19(21)22)18(5)3-6(20)17-4-8(11,12)9(13,14)15/h2H,1,3-4H2,(H,17,20). The van der Waals surface area contributed by atoms with E-state index in [9.17, 15) is 41.3 Å². The fourth-order valence-electron chi connectivity index (χ4n) is 1.34. The summed E-state index contributed by atoms with van der Waals surface area (Å²) in [5.41, 5.74) is 0. The fourth-order valence-corrected chi connectivity index (χ4v) is 1.34. The van der Waals surface area contributed by atoms with Crippen molar-refractivity contribution in [2.75, 3.05) is 6.54 Å². The van der Waals surface area contributed by atoms with E-state index in [1.807, 2.05) is 0 Å². The maximum atomic E-state index is 12.6. The Bertz CT molecular complexity index is 570. The van der Waals surface area contributed by atoms with E-state index in [1.54, 1.807) is 0 Å². The van der Waals surface area contributed by atoms with Crippen LogP contribution in [0.25, 0.3) is 0 Å². The molecule has 1 heterocycles. The zero-order chi connectivity index (χ0) is 17.1. The molecule has 0 fully saturated rings. The third-order valence-electron chi connectivity index (χ3n) is 2.45. The van der Waals surface area contributed by atoms with Crippen LogP contribution < -0.4 is 5.32 Å². The number of nitrogens with one attached hydrogen (secondary N) is 1. The molecule has 0 aliphatic heterocycles. The Kier molecular flexibility index (Phi) is 4.98. The van der Waals surface area contributed by atoms with Crippen LogP contribution >= 0.6 is 0 Å². The third-order valence-corrected chi connectivity index (χ3v) is 2.45. The smallest absolute Gasteiger partial charge is 0.358 e. The van der Waals surface area contributed by atoms with E-state index < -0.39 is 54.3 Å². The number of rotatable bonds is 6. The fraction of sp³-hybridized carbons (Fsp3) is 0.556. The van der Waals surface area contributed by atoms with Crippen molar-refractivity contribution in [3.05, 3.63) is 22.1 Å². The van der Waals surface area contributed by atoms with Crippen molar-refractivity contribution in [3.63, 3.8) is 0 Å². The van der Waals surface area contributed by atoms with Crippen molar-refractivity contribution in [1.29, 1.82) is 0 Å². The van der Waals surface area contributed by atoms with E-state index in [0.29, 0.717) is 10.8 Å². The van der Waals surface area contributed by atoms with Crippen molar-refractivity contribution >= 4 is 11.7 Å². The molecule has 22 heavy (non-hydrogen) atoms. The maximum absolute atomic E-state index is 12.6. The third kappa shape index (κ3) is 3.85. The minimum atomic E-state index is -5.86. The van der Waals surface area contributed by atoms with Crippen molar-refractivity contribution in [2.24, 2.45) is 0 Å². The molecule has 0 aliphatic rings. The normalized spacial score (nSPS) is 12.3. The molecule has 0 bridgehead atoms. The highest BCUT2D eigenvalue weighted by Gasteiger charge is 2.57. The largest absolute Gasteiger partial charge is 0.455 e. The van der Waals surface area contributed by atoms with Gasteiger partial charge in [0.05, 0.1) is 6.54 Å². The van der Waals surface area contributed by atoms with Crippen LogP contribution in [0.1, 0.15) is 5.82 Å². The molecule has 0 saturated heterocycles. The van der Waals surface area contributed by atoms with Crippen molar-refractivity contribution in [1.82, 2.24) is 14.9 Å². The highest BCUT2D eigenvalue weighted by Crippen LogP contribution is 2.34. The summed E-state index contributed by atoms with van der Waals surface area (Å²) in [4.78, 5) is 24.2. The van der Waals surface area contributed by atoms with Gasteiger partial charge in [-0.25, -0.2) is 9.37 Å². The number of nitro groups is 1. The molecule has 1 N–H and O–H groups in total. The lowest BCUT2D eigenvalue weighted by Crippen LogP contribution is -2.47. The number of nitrogens with zero attached hydrogens (tertiary/aromatic N) is 3. The minimum absolute atomic E-state index is 0.459. The zero-order valence-electron chi connectivity index (χ0n) is 10.5. The molecule has 0 spiro atoms. The Morgan fingerprint density at radius 2 is 1.95 bits per heavy atom. The van der Waals surface area contributed by atoms with Gasteiger partial charge in [-0.3, -0.25) is 4.79 Å². The maximum Gasteiger partial charge on any atom is 0.455 e. The highest BCUT2D eigenvalue weighted by molar-refractivity contribution is 5.76. The first-order valence-electron chi connectivity index (χ1n) is 5.45. The number of carbonyl (C=O) groups is 1. The number of imidazole rings is 1. The molecule has 0 aliphatic carbocycles. The van der Waals surface area contributed by atoms with Gasteiger partial charge in [-0.15, -0.1) is 0 Å². The number of halogens is 6. The second-order valence-corrected chi connectivity index (χ2v) is 3.99. The molecular formula is C9H8F6N4O3. The Morgan fingerprint density at radius 1 is 1.36 bits per heavy atom. The van der Waals surface area contributed by atoms with Crippen molar-refractivity contribution in [3.8, 4) is 0 Å². The second-order valence-electron chi connectivity index (χ2n) is 3.99. The molecule has 0 saturated carbocycles. The molecule has 13 heteroatoms. The van der Waals surface area contributed by atoms with Gasteiger partial charge < -0.3 is 15.4 Å². The number of amides is 1. The summed E-state index contributed by atoms with van der Waals surface area (Å²) in [6, 6.07) is 0. The molecule has 1 aromatic heterocycles. The van der Waals surface area contributed by atoms with E-state index in [1.165, 1.54) is 5.32 Å². The Morgan fingerprint density at radius 3 is 2.41 bits per heavy atom. The van der Waals surface area contributed by atoms with Gasteiger partial charge in [-0.1, -0.05) is 0 Å². The van der Waals surface area contributed by atoms with Crippen molar-refractivity contribution in [2.45, 2.75) is 25.3 Å². The van der Waals surface area contributed by atoms with E-state index in [0.717, 1.165) is 0 Å². The molecule has 1 amide bonds. The van der Waals surface area contributed by atoms with Crippen LogP contribution in [0.2, 0.25) is 0 Å². The number of aromatic nitrogens is 2. The summed E-state index contributed by atoms with van der Waals surface area (Å²) < 4.78 is 73.9. The predicted molar refractivity (Wildman–Crippen MR) is 57.7 cm³/mol. The SMILES string of the molecule is O=C(Cn1c([N+](=O)[O-])cnc1CF)NCC(F)(F)C(F)(F)F. The molecule has 124 valence electrons. The molecule has 0 unspecified atom stereocenters. The zero-order valence-corrected chi connectivity index (χ0v) is 10.5. The molecule has 0 radical (unpaired) electrons. The minimum Gasteiger partial charge on any atom is -0.358 e. The average Bonchev–Trinajstić information content (AvgIpc) is 2.78. The second kappa shape index (κ2) is 6.19. The van der Waals surface area contributed by atoms with Gasteiger partial charge in [-0.2, -0.15) is 26.5 Å². The summed E-state index contributed by atoms with van der Waals surface area (Å²) in [6.45, 7) is -4.36. The number of hydrogen-bond acceptors (Lipinski definition) is 4. The molecule has 7 nitrogen and oxygen atoms in total. The van der Waals surface area contributed by atoms with E-state index in [2.05, 4.69) is 4.98 Å². The van der Waals surface area contributed by atoms with Crippen LogP contribution in [0.4, 0.5) is 32.2 Å². The van der Waals surface area contributed by atoms with Gasteiger partial charge in [0.2, 0.25) is 5.82 Å². The topological polar surface area (TPSA) is 90.1 Å². The van der Waals surface area contributed by atoms with Crippen LogP contribution in [0.15, 0.2) is 6.20 Å². The quantitative estimate of drug-likeness (QED) is 0.486. The van der Waals surface area contributed by atoms with Gasteiger partial charge in [0.15, 0.2) is 13.2 Å². The van der Waals surface area contributed by atoms with Crippen LogP contribution in [-0.2, 0) is 18.0 Å². The van der Waals surface area contributed by atoms with Crippen molar-refractivity contribution < 1.29 is 36.1 Å². The van der Waals surface area contributed by atoms with E-state index in [4.69, 9.17) is 0 Å². The summed E-state index contributed by atoms with van der Waals surface area (Å²) >= 11 is 0. The lowest BCUT2D eigenvalue weighted by molar-refractivity contribution is -0.392. The average molecular weight is 334 g/mol. The van der Waals surface area contributed by atoms with Gasteiger partial charge in [-0.05, 0) is 4.92 Å². The molecular weight excluding hydrogens is 326 g/mol. The molecule has 1 rings (SSSR count). The number of alkyl halides is 6. The summed E-state index contributed by atoms with van der Waals surface area (Å²) in [6.07, 6.45) is -5.22. The Labute approximate surface area is 118 Å². The molecule has 1 aromatic rings. The first-order valence-corrected chi connectivity index (χ1v) is 5.45. The van der Waals surface area contributed by atoms with Gasteiger partial charge in [0.25, 0.3) is 5.91 Å². The highest BCUT2D eigenvalue weighted by atomic mass is 19.4. The summed E-state index contributed by atoms with van der Waals surface area (Å²) in [5.74, 6) is -7.89. The predicted octanol–water partition coefficient (Wildman–Crippen LogP) is 1.57. The van der Waals surface area contributed by atoms with Crippen LogP contribution in [-0.4, -0.2) is 39.0 Å². The monoisotopic (exact) mass is 334 g/mol. The van der Waals surface area contributed by atoms with Gasteiger partial charge in [0.1, 0.15) is 6.20 Å². The summed E-state index contributed by atoms with van der Waals surface area (Å²) in [5, 5.41) is 11.9. The first-order chi connectivity index (χ1) is 9.99. The Hall–Kier alpha value is -2.34. The summed E-state index contributed by atoms with van der Waals surface area (Å²) in [7, 11) is 0. The van der Waals surface area contributed by atoms with Crippen LogP contribution in [0, 0.1) is 10.1 Å². The van der Waals surface area contributed by atoms with Gasteiger partial charge in [0, 0.05) is 0 Å². The van der Waals surface area contributed by atoms with E-state index >= 15 is 0 Å². The first kappa shape index (κ1) is 17.7. The van der Waals surface area contributed by atoms with Crippen LogP contribution in [0.5, 0.6) is 0 Å².